The van der Waals surface area contributed by atoms with Crippen molar-refractivity contribution in [2.45, 2.75) is 45.2 Å². The lowest BCUT2D eigenvalue weighted by molar-refractivity contribution is -0.143. The van der Waals surface area contributed by atoms with Crippen LogP contribution in [-0.4, -0.2) is 45.5 Å². The lowest BCUT2D eigenvalue weighted by Gasteiger charge is -2.24. The molecule has 0 spiro atoms. The summed E-state index contributed by atoms with van der Waals surface area (Å²) in [5, 5.41) is 15.9. The first-order valence-corrected chi connectivity index (χ1v) is 7.00. The topological polar surface area (TPSA) is 93.5 Å². The predicted molar refractivity (Wildman–Crippen MR) is 75.2 cm³/mol. The van der Waals surface area contributed by atoms with Gasteiger partial charge < -0.3 is 15.2 Å². The number of rotatable bonds is 4. The van der Waals surface area contributed by atoms with E-state index < -0.39 is 17.4 Å². The second-order valence-corrected chi connectivity index (χ2v) is 5.82. The average molecular weight is 295 g/mol. The number of aliphatic carboxylic acids is 1. The Morgan fingerprint density at radius 3 is 2.62 bits per heavy atom. The zero-order chi connectivity index (χ0) is 15.6. The molecule has 0 atom stereocenters. The fourth-order valence-corrected chi connectivity index (χ4v) is 2.35. The van der Waals surface area contributed by atoms with Crippen molar-refractivity contribution in [3.63, 3.8) is 0 Å². The number of aromatic nitrogens is 2. The number of nitrogens with zero attached hydrogens (tertiary/aromatic N) is 2. The molecule has 2 N–H and O–H groups in total. The van der Waals surface area contributed by atoms with Crippen LogP contribution >= 0.6 is 0 Å². The number of carboxylic acids is 1. The molecule has 2 heterocycles. The highest BCUT2D eigenvalue weighted by molar-refractivity contribution is 5.98. The van der Waals surface area contributed by atoms with Crippen LogP contribution in [-0.2, 0) is 9.53 Å². The quantitative estimate of drug-likeness (QED) is 0.868. The zero-order valence-electron chi connectivity index (χ0n) is 12.5. The molecule has 0 radical (unpaired) electrons. The molecule has 0 aliphatic carbocycles. The first kappa shape index (κ1) is 15.5. The van der Waals surface area contributed by atoms with Crippen LogP contribution in [0.2, 0.25) is 0 Å². The lowest BCUT2D eigenvalue weighted by atomic mass is 10.1. The van der Waals surface area contributed by atoms with Crippen LogP contribution in [0.1, 0.15) is 48.8 Å². The third-order valence-corrected chi connectivity index (χ3v) is 3.79. The molecular formula is C14H21N3O4. The van der Waals surface area contributed by atoms with Crippen molar-refractivity contribution in [1.82, 2.24) is 15.1 Å². The van der Waals surface area contributed by atoms with Crippen molar-refractivity contribution in [2.75, 3.05) is 13.2 Å². The first-order valence-electron chi connectivity index (χ1n) is 7.00. The summed E-state index contributed by atoms with van der Waals surface area (Å²) in [7, 11) is 0. The minimum absolute atomic E-state index is 0.229. The molecule has 1 fully saturated rings. The van der Waals surface area contributed by atoms with Crippen LogP contribution < -0.4 is 5.32 Å². The standard InChI is InChI=1S/C14H21N3O4/c1-9-11(12(18)16-14(2,3)13(19)20)8-15-17(9)10-4-6-21-7-5-10/h8,10H,4-7H2,1-3H3,(H,16,18)(H,19,20). The molecule has 7 heteroatoms. The summed E-state index contributed by atoms with van der Waals surface area (Å²) in [5.41, 5.74) is -0.152. The molecule has 1 aromatic rings. The summed E-state index contributed by atoms with van der Waals surface area (Å²) in [6.45, 7) is 6.11. The predicted octanol–water partition coefficient (Wildman–Crippen LogP) is 1.14. The van der Waals surface area contributed by atoms with E-state index in [0.717, 1.165) is 18.5 Å². The third kappa shape index (κ3) is 3.24. The van der Waals surface area contributed by atoms with Gasteiger partial charge in [-0.25, -0.2) is 4.79 Å². The van der Waals surface area contributed by atoms with E-state index in [1.165, 1.54) is 20.0 Å². The fourth-order valence-electron chi connectivity index (χ4n) is 2.35. The van der Waals surface area contributed by atoms with E-state index >= 15 is 0 Å². The number of carbonyl (C=O) groups is 2. The molecular weight excluding hydrogens is 274 g/mol. The molecule has 116 valence electrons. The van der Waals surface area contributed by atoms with Crippen molar-refractivity contribution in [3.05, 3.63) is 17.5 Å². The normalized spacial score (nSPS) is 16.7. The number of carbonyl (C=O) groups excluding carboxylic acids is 1. The van der Waals surface area contributed by atoms with Gasteiger partial charge in [-0.3, -0.25) is 9.48 Å². The van der Waals surface area contributed by atoms with Gasteiger partial charge in [0.05, 0.1) is 17.8 Å². The number of nitrogens with one attached hydrogen (secondary N) is 1. The van der Waals surface area contributed by atoms with Gasteiger partial charge in [0, 0.05) is 18.9 Å². The average Bonchev–Trinajstić information content (AvgIpc) is 2.81. The van der Waals surface area contributed by atoms with Gasteiger partial charge in [-0.2, -0.15) is 5.10 Å². The van der Waals surface area contributed by atoms with Gasteiger partial charge in [0.15, 0.2) is 0 Å². The first-order chi connectivity index (χ1) is 9.83. The van der Waals surface area contributed by atoms with Crippen LogP contribution in [0.3, 0.4) is 0 Å². The summed E-state index contributed by atoms with van der Waals surface area (Å²) in [4.78, 5) is 23.3. The highest BCUT2D eigenvalue weighted by Crippen LogP contribution is 2.23. The van der Waals surface area contributed by atoms with Crippen LogP contribution in [0.15, 0.2) is 6.20 Å². The molecule has 1 aliphatic rings. The van der Waals surface area contributed by atoms with Gasteiger partial charge in [-0.1, -0.05) is 0 Å². The van der Waals surface area contributed by atoms with E-state index in [-0.39, 0.29) is 6.04 Å². The van der Waals surface area contributed by atoms with Crippen LogP contribution in [0, 0.1) is 6.92 Å². The Morgan fingerprint density at radius 1 is 1.43 bits per heavy atom. The number of carboxylic acid groups (broad SMARTS) is 1. The Bertz CT molecular complexity index is 544. The number of hydrogen-bond donors (Lipinski definition) is 2. The summed E-state index contributed by atoms with van der Waals surface area (Å²) in [5.74, 6) is -1.50. The summed E-state index contributed by atoms with van der Waals surface area (Å²) in [6, 6.07) is 0.229. The van der Waals surface area contributed by atoms with Gasteiger partial charge in [-0.15, -0.1) is 0 Å². The minimum atomic E-state index is -1.32. The van der Waals surface area contributed by atoms with Crippen molar-refractivity contribution in [1.29, 1.82) is 0 Å². The summed E-state index contributed by atoms with van der Waals surface area (Å²) in [6.07, 6.45) is 3.23. The Labute approximate surface area is 123 Å². The molecule has 2 rings (SSSR count). The Balaban J connectivity index is 2.16. The molecule has 0 aromatic carbocycles. The number of hydrogen-bond acceptors (Lipinski definition) is 4. The van der Waals surface area contributed by atoms with Crippen LogP contribution in [0.4, 0.5) is 0 Å². The highest BCUT2D eigenvalue weighted by Gasteiger charge is 2.31. The second-order valence-electron chi connectivity index (χ2n) is 5.82. The fraction of sp³-hybridized carbons (Fsp3) is 0.643. The summed E-state index contributed by atoms with van der Waals surface area (Å²) < 4.78 is 7.16. The second kappa shape index (κ2) is 5.85. The van der Waals surface area contributed by atoms with E-state index in [4.69, 9.17) is 9.84 Å². The molecule has 1 aliphatic heterocycles. The third-order valence-electron chi connectivity index (χ3n) is 3.79. The van der Waals surface area contributed by atoms with Crippen LogP contribution in [0.25, 0.3) is 0 Å². The molecule has 21 heavy (non-hydrogen) atoms. The van der Waals surface area contributed by atoms with E-state index in [1.54, 1.807) is 0 Å². The Kier molecular flexibility index (Phi) is 4.32. The molecule has 1 aromatic heterocycles. The smallest absolute Gasteiger partial charge is 0.328 e. The SMILES string of the molecule is Cc1c(C(=O)NC(C)(C)C(=O)O)cnn1C1CCOCC1. The lowest BCUT2D eigenvalue weighted by Crippen LogP contribution is -2.49. The molecule has 0 bridgehead atoms. The maximum atomic E-state index is 12.2. The van der Waals surface area contributed by atoms with Crippen molar-refractivity contribution in [3.8, 4) is 0 Å². The van der Waals surface area contributed by atoms with Gasteiger partial charge in [-0.05, 0) is 33.6 Å². The highest BCUT2D eigenvalue weighted by atomic mass is 16.5. The number of ether oxygens (including phenoxy) is 1. The maximum Gasteiger partial charge on any atom is 0.328 e. The maximum absolute atomic E-state index is 12.2. The van der Waals surface area contributed by atoms with E-state index in [9.17, 15) is 9.59 Å². The van der Waals surface area contributed by atoms with Crippen LogP contribution in [0.5, 0.6) is 0 Å². The molecule has 1 saturated heterocycles. The van der Waals surface area contributed by atoms with Crippen molar-refractivity contribution in [2.24, 2.45) is 0 Å². The van der Waals surface area contributed by atoms with Crippen molar-refractivity contribution < 1.29 is 19.4 Å². The van der Waals surface area contributed by atoms with Gasteiger partial charge in [0.25, 0.3) is 5.91 Å². The summed E-state index contributed by atoms with van der Waals surface area (Å²) >= 11 is 0. The molecule has 7 nitrogen and oxygen atoms in total. The van der Waals surface area contributed by atoms with E-state index in [2.05, 4.69) is 10.4 Å². The molecule has 1 amide bonds. The zero-order valence-corrected chi connectivity index (χ0v) is 12.5. The van der Waals surface area contributed by atoms with Gasteiger partial charge >= 0.3 is 5.97 Å². The number of amides is 1. The largest absolute Gasteiger partial charge is 0.480 e. The minimum Gasteiger partial charge on any atom is -0.480 e. The van der Waals surface area contributed by atoms with E-state index in [1.807, 2.05) is 11.6 Å². The van der Waals surface area contributed by atoms with Crippen molar-refractivity contribution >= 4 is 11.9 Å². The van der Waals surface area contributed by atoms with Gasteiger partial charge in [0.2, 0.25) is 0 Å². The Hall–Kier alpha value is -1.89. The van der Waals surface area contributed by atoms with Gasteiger partial charge in [0.1, 0.15) is 5.54 Å². The van der Waals surface area contributed by atoms with E-state index in [0.29, 0.717) is 18.8 Å². The molecule has 0 saturated carbocycles. The Morgan fingerprint density at radius 2 is 2.05 bits per heavy atom. The monoisotopic (exact) mass is 295 g/mol. The molecule has 0 unspecified atom stereocenters.